The zero-order valence-corrected chi connectivity index (χ0v) is 20.8. The number of aromatic amines is 1. The molecule has 10 aromatic rings. The van der Waals surface area contributed by atoms with Gasteiger partial charge in [-0.05, 0) is 35.9 Å². The molecule has 0 unspecified atom stereocenters. The second kappa shape index (κ2) is 6.77. The van der Waals surface area contributed by atoms with Crippen LogP contribution in [0.4, 0.5) is 0 Å². The predicted octanol–water partition coefficient (Wildman–Crippen LogP) is 10.0. The van der Waals surface area contributed by atoms with Gasteiger partial charge in [0.05, 0.1) is 22.1 Å². The molecule has 0 saturated carbocycles. The number of hydrogen-bond donors (Lipinski definition) is 1. The Bertz CT molecular complexity index is 2610. The molecule has 180 valence electrons. The SMILES string of the molecule is c1ccc2c(c1)[nH]c1c2cc2c3cccc(-c4cccc5oc6ccccc6c45)c3n3c4ccccc4c1c23. The quantitative estimate of drug-likeness (QED) is 0.241. The molecule has 0 atom stereocenters. The first-order valence-corrected chi connectivity index (χ1v) is 13.4. The van der Waals surface area contributed by atoms with Crippen LogP contribution in [-0.4, -0.2) is 9.38 Å². The molecule has 4 aromatic heterocycles. The van der Waals surface area contributed by atoms with Crippen LogP contribution in [0.2, 0.25) is 0 Å². The van der Waals surface area contributed by atoms with E-state index in [0.717, 1.165) is 16.6 Å². The average Bonchev–Trinajstić information content (AvgIpc) is 3.72. The number of hydrogen-bond acceptors (Lipinski definition) is 1. The molecular formula is C36H20N2O. The second-order valence-electron chi connectivity index (χ2n) is 10.6. The Morgan fingerprint density at radius 3 is 2.15 bits per heavy atom. The minimum absolute atomic E-state index is 0.920. The normalized spacial score (nSPS) is 12.6. The molecule has 39 heavy (non-hydrogen) atoms. The van der Waals surface area contributed by atoms with Crippen molar-refractivity contribution >= 4 is 81.8 Å². The van der Waals surface area contributed by atoms with Crippen molar-refractivity contribution in [3.8, 4) is 11.1 Å². The van der Waals surface area contributed by atoms with Crippen molar-refractivity contribution in [2.75, 3.05) is 0 Å². The van der Waals surface area contributed by atoms with E-state index >= 15 is 0 Å². The third kappa shape index (κ3) is 2.31. The molecule has 0 spiro atoms. The molecule has 4 heterocycles. The van der Waals surface area contributed by atoms with E-state index in [1.54, 1.807) is 0 Å². The Hall–Kier alpha value is -5.28. The summed E-state index contributed by atoms with van der Waals surface area (Å²) in [6.07, 6.45) is 0. The van der Waals surface area contributed by atoms with Crippen molar-refractivity contribution in [3.05, 3.63) is 115 Å². The third-order valence-corrected chi connectivity index (χ3v) is 8.66. The van der Waals surface area contributed by atoms with Gasteiger partial charge in [-0.15, -0.1) is 0 Å². The molecule has 1 N–H and O–H groups in total. The maximum Gasteiger partial charge on any atom is 0.136 e. The first-order chi connectivity index (χ1) is 19.4. The van der Waals surface area contributed by atoms with E-state index in [2.05, 4.69) is 119 Å². The lowest BCUT2D eigenvalue weighted by Gasteiger charge is -2.08. The summed E-state index contributed by atoms with van der Waals surface area (Å²) in [4.78, 5) is 3.77. The number of aromatic nitrogens is 2. The fourth-order valence-electron chi connectivity index (χ4n) is 7.13. The highest BCUT2D eigenvalue weighted by Crippen LogP contribution is 2.47. The zero-order valence-electron chi connectivity index (χ0n) is 20.8. The van der Waals surface area contributed by atoms with Crippen molar-refractivity contribution in [2.45, 2.75) is 0 Å². The number of furan rings is 1. The predicted molar refractivity (Wildman–Crippen MR) is 163 cm³/mol. The fraction of sp³-hybridized carbons (Fsp3) is 0. The first kappa shape index (κ1) is 19.8. The summed E-state index contributed by atoms with van der Waals surface area (Å²) in [7, 11) is 0. The van der Waals surface area contributed by atoms with Crippen molar-refractivity contribution < 1.29 is 4.42 Å². The maximum absolute atomic E-state index is 6.28. The summed E-state index contributed by atoms with van der Waals surface area (Å²) in [6.45, 7) is 0. The van der Waals surface area contributed by atoms with Gasteiger partial charge in [0.25, 0.3) is 0 Å². The van der Waals surface area contributed by atoms with Crippen LogP contribution < -0.4 is 0 Å². The number of nitrogens with zero attached hydrogens (tertiary/aromatic N) is 1. The van der Waals surface area contributed by atoms with Gasteiger partial charge < -0.3 is 13.8 Å². The van der Waals surface area contributed by atoms with Crippen LogP contribution in [0.3, 0.4) is 0 Å². The van der Waals surface area contributed by atoms with E-state index in [4.69, 9.17) is 4.42 Å². The average molecular weight is 497 g/mol. The molecule has 0 saturated heterocycles. The van der Waals surface area contributed by atoms with E-state index in [9.17, 15) is 0 Å². The molecule has 6 aromatic carbocycles. The number of nitrogens with one attached hydrogen (secondary N) is 1. The minimum atomic E-state index is 0.920. The zero-order chi connectivity index (χ0) is 25.2. The van der Waals surface area contributed by atoms with Crippen molar-refractivity contribution in [2.24, 2.45) is 0 Å². The molecule has 3 heteroatoms. The van der Waals surface area contributed by atoms with Gasteiger partial charge in [-0.3, -0.25) is 0 Å². The Kier molecular flexibility index (Phi) is 3.44. The van der Waals surface area contributed by atoms with Gasteiger partial charge >= 0.3 is 0 Å². The number of fused-ring (bicyclic) bond motifs is 13. The van der Waals surface area contributed by atoms with Gasteiger partial charge in [-0.25, -0.2) is 0 Å². The molecule has 0 amide bonds. The first-order valence-electron chi connectivity index (χ1n) is 13.4. The molecule has 3 nitrogen and oxygen atoms in total. The van der Waals surface area contributed by atoms with Crippen molar-refractivity contribution in [3.63, 3.8) is 0 Å². The lowest BCUT2D eigenvalue weighted by Crippen LogP contribution is -1.86. The largest absolute Gasteiger partial charge is 0.456 e. The molecule has 10 rings (SSSR count). The van der Waals surface area contributed by atoms with Crippen LogP contribution in [0, 0.1) is 0 Å². The summed E-state index contributed by atoms with van der Waals surface area (Å²) in [5.74, 6) is 0. The van der Waals surface area contributed by atoms with E-state index in [1.807, 2.05) is 6.07 Å². The van der Waals surface area contributed by atoms with E-state index < -0.39 is 0 Å². The van der Waals surface area contributed by atoms with Gasteiger partial charge in [-0.2, -0.15) is 0 Å². The van der Waals surface area contributed by atoms with Gasteiger partial charge in [0.2, 0.25) is 0 Å². The minimum Gasteiger partial charge on any atom is -0.456 e. The third-order valence-electron chi connectivity index (χ3n) is 8.66. The van der Waals surface area contributed by atoms with Gasteiger partial charge in [0, 0.05) is 54.2 Å². The number of benzene rings is 6. The summed E-state index contributed by atoms with van der Waals surface area (Å²) in [5, 5.41) is 10.00. The highest BCUT2D eigenvalue weighted by Gasteiger charge is 2.24. The fourth-order valence-corrected chi connectivity index (χ4v) is 7.13. The number of rotatable bonds is 1. The monoisotopic (exact) mass is 496 g/mol. The van der Waals surface area contributed by atoms with Crippen LogP contribution in [0.1, 0.15) is 0 Å². The number of para-hydroxylation sites is 4. The summed E-state index contributed by atoms with van der Waals surface area (Å²) < 4.78 is 8.78. The smallest absolute Gasteiger partial charge is 0.136 e. The summed E-state index contributed by atoms with van der Waals surface area (Å²) >= 11 is 0. The molecule has 0 fully saturated rings. The van der Waals surface area contributed by atoms with Gasteiger partial charge in [0.1, 0.15) is 11.2 Å². The summed E-state index contributed by atoms with van der Waals surface area (Å²) in [6, 6.07) is 41.4. The van der Waals surface area contributed by atoms with Gasteiger partial charge in [-0.1, -0.05) is 84.9 Å². The molecule has 0 aliphatic rings. The lowest BCUT2D eigenvalue weighted by molar-refractivity contribution is 0.669. The Morgan fingerprint density at radius 2 is 1.21 bits per heavy atom. The van der Waals surface area contributed by atoms with Crippen molar-refractivity contribution in [1.82, 2.24) is 9.38 Å². The number of H-pyrrole nitrogens is 1. The topological polar surface area (TPSA) is 33.3 Å². The Labute approximate surface area is 221 Å². The van der Waals surface area contributed by atoms with Crippen LogP contribution >= 0.6 is 0 Å². The van der Waals surface area contributed by atoms with Gasteiger partial charge in [0.15, 0.2) is 0 Å². The molecule has 0 aliphatic heterocycles. The standard InChI is InChI=1S/C36H20N2O/c1-4-15-28-20(9-1)26-19-27-23-14-7-13-22(21-12-8-18-31-32(21)25-11-3-6-17-30(25)39-31)35(23)38-29-16-5-2-10-24(29)33(36(27)38)34(26)37-28/h1-19,37H. The van der Waals surface area contributed by atoms with Crippen LogP contribution in [0.15, 0.2) is 120 Å². The lowest BCUT2D eigenvalue weighted by atomic mass is 9.96. The van der Waals surface area contributed by atoms with Crippen molar-refractivity contribution in [1.29, 1.82) is 0 Å². The summed E-state index contributed by atoms with van der Waals surface area (Å²) in [5.41, 5.74) is 10.4. The van der Waals surface area contributed by atoms with E-state index in [1.165, 1.54) is 76.4 Å². The molecule has 0 aliphatic carbocycles. The highest BCUT2D eigenvalue weighted by molar-refractivity contribution is 6.34. The highest BCUT2D eigenvalue weighted by atomic mass is 16.3. The van der Waals surface area contributed by atoms with Crippen LogP contribution in [0.5, 0.6) is 0 Å². The van der Waals surface area contributed by atoms with Crippen LogP contribution in [0.25, 0.3) is 93.0 Å². The molecular weight excluding hydrogens is 476 g/mol. The van der Waals surface area contributed by atoms with Crippen LogP contribution in [-0.2, 0) is 0 Å². The molecule has 0 bridgehead atoms. The van der Waals surface area contributed by atoms with E-state index in [-0.39, 0.29) is 0 Å². The van der Waals surface area contributed by atoms with E-state index in [0.29, 0.717) is 0 Å². The Balaban J connectivity index is 1.48. The molecule has 0 radical (unpaired) electrons. The Morgan fingerprint density at radius 1 is 0.487 bits per heavy atom. The second-order valence-corrected chi connectivity index (χ2v) is 10.6. The maximum atomic E-state index is 6.28.